The van der Waals surface area contributed by atoms with Gasteiger partial charge in [0, 0.05) is 0 Å². The average molecular weight is 562 g/mol. The molecule has 0 heterocycles. The molecule has 31 heavy (non-hydrogen) atoms. The van der Waals surface area contributed by atoms with E-state index in [2.05, 4.69) is 0 Å². The Hall–Kier alpha value is 0.418. The predicted octanol–water partition coefficient (Wildman–Crippen LogP) is 0.650. The molecule has 0 aromatic heterocycles. The summed E-state index contributed by atoms with van der Waals surface area (Å²) in [7, 11) is 0. The Labute approximate surface area is 193 Å². The monoisotopic (exact) mass is 561 g/mol. The molecule has 0 aliphatic rings. The van der Waals surface area contributed by atoms with Gasteiger partial charge in [-0.25, -0.2) is 0 Å². The van der Waals surface area contributed by atoms with Gasteiger partial charge in [-0.1, -0.05) is 0 Å². The fourth-order valence-electron chi connectivity index (χ4n) is 2.67. The summed E-state index contributed by atoms with van der Waals surface area (Å²) in [6, 6.07) is 0. The first-order chi connectivity index (χ1) is 15.1. The van der Waals surface area contributed by atoms with Crippen LogP contribution in [0.2, 0.25) is 0 Å². The van der Waals surface area contributed by atoms with E-state index in [-0.39, 0.29) is 0 Å². The molecule has 0 unspecified atom stereocenters. The summed E-state index contributed by atoms with van der Waals surface area (Å²) in [6.07, 6.45) is 8.05. The molecule has 0 saturated heterocycles. The molecule has 11 heteroatoms. The minimum absolute atomic E-state index is 0.403. The van der Waals surface area contributed by atoms with Gasteiger partial charge in [-0.2, -0.15) is 0 Å². The van der Waals surface area contributed by atoms with E-state index in [1.54, 1.807) is 0 Å². The first kappa shape index (κ1) is 31.4. The maximum absolute atomic E-state index is 6.37. The van der Waals surface area contributed by atoms with Crippen molar-refractivity contribution >= 4 is 19.5 Å². The van der Waals surface area contributed by atoms with Crippen LogP contribution < -0.4 is 28.7 Å². The van der Waals surface area contributed by atoms with Gasteiger partial charge in [0.1, 0.15) is 0 Å². The summed E-state index contributed by atoms with van der Waals surface area (Å²) < 4.78 is 31.9. The minimum atomic E-state index is -5.31. The molecule has 10 nitrogen and oxygen atoms in total. The molecular weight excluding hydrogens is 512 g/mol. The molecule has 0 aliphatic carbocycles. The molecule has 0 saturated carbocycles. The van der Waals surface area contributed by atoms with Gasteiger partial charge in [-0.3, -0.25) is 0 Å². The van der Waals surface area contributed by atoms with E-state index in [0.717, 1.165) is 64.2 Å². The third-order valence-electron chi connectivity index (χ3n) is 4.50. The van der Waals surface area contributed by atoms with Crippen LogP contribution in [0.25, 0.3) is 0 Å². The number of unbranched alkanes of at least 4 members (excludes halogenated alkanes) is 5. The molecule has 0 spiro atoms. The van der Waals surface area contributed by atoms with Crippen LogP contribution in [0.4, 0.5) is 0 Å². The first-order valence-corrected chi connectivity index (χ1v) is 17.1. The van der Waals surface area contributed by atoms with E-state index >= 15 is 0 Å². The van der Waals surface area contributed by atoms with Crippen LogP contribution in [0, 0.1) is 0 Å². The van der Waals surface area contributed by atoms with Crippen LogP contribution in [0.15, 0.2) is 0 Å². The molecule has 0 rings (SSSR count). The van der Waals surface area contributed by atoms with Gasteiger partial charge in [-0.15, -0.1) is 0 Å². The first-order valence-electron chi connectivity index (χ1n) is 11.9. The van der Waals surface area contributed by atoms with Crippen molar-refractivity contribution in [2.45, 2.75) is 64.2 Å². The summed E-state index contributed by atoms with van der Waals surface area (Å²) in [5, 5.41) is 0. The normalized spacial score (nSPS) is 13.4. The molecule has 0 radical (unpaired) electrons. The van der Waals surface area contributed by atoms with Crippen LogP contribution in [-0.4, -0.2) is 85.3 Å². The molecule has 0 aromatic carbocycles. The zero-order valence-electron chi connectivity index (χ0n) is 19.5. The van der Waals surface area contributed by atoms with Crippen molar-refractivity contribution in [3.63, 3.8) is 0 Å². The summed E-state index contributed by atoms with van der Waals surface area (Å²) in [5.74, 6) is 0. The second-order valence-corrected chi connectivity index (χ2v) is 15.3. The van der Waals surface area contributed by atoms with Crippen molar-refractivity contribution in [3.05, 3.63) is 0 Å². The molecule has 0 amide bonds. The Kier molecular flexibility index (Phi) is 21.3. The Balaban J connectivity index is 5.60. The molecule has 10 N–H and O–H groups in total. The van der Waals surface area contributed by atoms with Crippen LogP contribution in [0.3, 0.4) is 0 Å². The van der Waals surface area contributed by atoms with E-state index in [0.29, 0.717) is 65.8 Å². The quantitative estimate of drug-likeness (QED) is 0.0785. The van der Waals surface area contributed by atoms with Crippen LogP contribution in [-0.2, 0) is 15.1 Å². The van der Waals surface area contributed by atoms with Gasteiger partial charge >= 0.3 is 193 Å². The van der Waals surface area contributed by atoms with E-state index in [4.69, 9.17) is 43.7 Å². The third-order valence-corrected chi connectivity index (χ3v) is 13.1. The number of hydrogen-bond acceptors (Lipinski definition) is 10. The second-order valence-electron chi connectivity index (χ2n) is 7.39. The Morgan fingerprint density at radius 1 is 0.323 bits per heavy atom. The van der Waals surface area contributed by atoms with Crippen molar-refractivity contribution in [3.8, 4) is 0 Å². The number of hydrogen-bond donors (Lipinski definition) is 5. The second kappa shape index (κ2) is 21.0. The fourth-order valence-corrected chi connectivity index (χ4v) is 10.9. The molecular formula is C20H50N5O5Sb. The standard InChI is InChI=1S/5C4H10NO.Sb/c5*5-3-1-2-4-6;/h5*1-5H2;/q5*-1;+5. The Morgan fingerprint density at radius 3 is 0.677 bits per heavy atom. The van der Waals surface area contributed by atoms with Crippen molar-refractivity contribution in [2.24, 2.45) is 28.7 Å². The summed E-state index contributed by atoms with van der Waals surface area (Å²) in [5.41, 5.74) is 28.3. The van der Waals surface area contributed by atoms with Gasteiger partial charge in [0.25, 0.3) is 0 Å². The van der Waals surface area contributed by atoms with Gasteiger partial charge in [-0.05, 0) is 0 Å². The topological polar surface area (TPSA) is 176 Å². The summed E-state index contributed by atoms with van der Waals surface area (Å²) in [4.78, 5) is 0. The number of nitrogens with two attached hydrogens (primary N) is 5. The van der Waals surface area contributed by atoms with Crippen LogP contribution in [0.5, 0.6) is 0 Å². The predicted molar refractivity (Wildman–Crippen MR) is 127 cm³/mol. The number of rotatable bonds is 25. The summed E-state index contributed by atoms with van der Waals surface area (Å²) >= 11 is -5.31. The zero-order valence-corrected chi connectivity index (χ0v) is 22.1. The third kappa shape index (κ3) is 15.0. The molecule has 190 valence electrons. The van der Waals surface area contributed by atoms with Gasteiger partial charge in [0.15, 0.2) is 0 Å². The molecule has 0 aromatic rings. The fraction of sp³-hybridized carbons (Fsp3) is 1.00. The van der Waals surface area contributed by atoms with E-state index in [9.17, 15) is 0 Å². The van der Waals surface area contributed by atoms with Gasteiger partial charge in [0.2, 0.25) is 0 Å². The SMILES string of the molecule is NCCCC[O][Sb]([O]CCCCN)([O]CCCCN)([O]CCCCN)[O]CCCCN. The molecule has 0 fully saturated rings. The van der Waals surface area contributed by atoms with Crippen LogP contribution >= 0.6 is 0 Å². The molecule has 0 aliphatic heterocycles. The summed E-state index contributed by atoms with van der Waals surface area (Å²) in [6.45, 7) is 4.99. The van der Waals surface area contributed by atoms with Crippen molar-refractivity contribution in [1.29, 1.82) is 0 Å². The van der Waals surface area contributed by atoms with E-state index in [1.807, 2.05) is 0 Å². The van der Waals surface area contributed by atoms with Crippen molar-refractivity contribution < 1.29 is 15.1 Å². The average Bonchev–Trinajstić information content (AvgIpc) is 2.78. The Bertz CT molecular complexity index is 312. The van der Waals surface area contributed by atoms with E-state index < -0.39 is 19.5 Å². The molecule has 0 bridgehead atoms. The van der Waals surface area contributed by atoms with Crippen LogP contribution in [0.1, 0.15) is 64.2 Å². The van der Waals surface area contributed by atoms with Gasteiger partial charge in [0.05, 0.1) is 0 Å². The zero-order chi connectivity index (χ0) is 23.1. The van der Waals surface area contributed by atoms with Crippen molar-refractivity contribution in [2.75, 3.05) is 65.8 Å². The molecule has 0 atom stereocenters. The Morgan fingerprint density at radius 2 is 0.516 bits per heavy atom. The van der Waals surface area contributed by atoms with Gasteiger partial charge < -0.3 is 0 Å². The van der Waals surface area contributed by atoms with E-state index in [1.165, 1.54) is 0 Å². The maximum atomic E-state index is 6.37. The van der Waals surface area contributed by atoms with Crippen molar-refractivity contribution in [1.82, 2.24) is 0 Å².